The molecular weight excluding hydrogens is 281 g/mol. The summed E-state index contributed by atoms with van der Waals surface area (Å²) < 4.78 is 1.85. The monoisotopic (exact) mass is 297 g/mol. The first-order chi connectivity index (χ1) is 10.6. The van der Waals surface area contributed by atoms with Gasteiger partial charge in [-0.1, -0.05) is 11.5 Å². The molecule has 4 heterocycles. The standard InChI is InChI=1S/C14H16BN5O2/c15-8-1-2-11-18-12-13(20(11)5-8)16-10(17-14(12)22)7-19-4-3-9(21)6-19/h1-2,5,9,21H,3-4,6-7,15H2,(H,16,17,22)/t9-/m0/s1. The molecule has 1 fully saturated rings. The zero-order valence-corrected chi connectivity index (χ0v) is 12.3. The largest absolute Gasteiger partial charge is 0.392 e. The van der Waals surface area contributed by atoms with Crippen LogP contribution in [0.1, 0.15) is 12.2 Å². The molecule has 0 amide bonds. The van der Waals surface area contributed by atoms with E-state index in [-0.39, 0.29) is 11.7 Å². The molecule has 7 nitrogen and oxygen atoms in total. The maximum absolute atomic E-state index is 12.3. The minimum absolute atomic E-state index is 0.221. The number of likely N-dealkylation sites (tertiary alicyclic amines) is 1. The number of aromatic nitrogens is 4. The van der Waals surface area contributed by atoms with Crippen molar-refractivity contribution in [3.8, 4) is 0 Å². The summed E-state index contributed by atoms with van der Waals surface area (Å²) in [6, 6.07) is 3.84. The third-order valence-electron chi connectivity index (χ3n) is 4.08. The zero-order chi connectivity index (χ0) is 15.3. The second kappa shape index (κ2) is 4.93. The fourth-order valence-electron chi connectivity index (χ4n) is 2.99. The molecular formula is C14H16BN5O2. The highest BCUT2D eigenvalue weighted by Gasteiger charge is 2.21. The van der Waals surface area contributed by atoms with Gasteiger partial charge in [0, 0.05) is 19.3 Å². The lowest BCUT2D eigenvalue weighted by Gasteiger charge is -2.13. The minimum atomic E-state index is -0.283. The molecule has 0 aromatic carbocycles. The van der Waals surface area contributed by atoms with Crippen LogP contribution in [0.4, 0.5) is 0 Å². The van der Waals surface area contributed by atoms with Crippen LogP contribution in [0.3, 0.4) is 0 Å². The van der Waals surface area contributed by atoms with Gasteiger partial charge < -0.3 is 10.1 Å². The number of pyridine rings is 1. The number of H-pyrrole nitrogens is 1. The average Bonchev–Trinajstić information content (AvgIpc) is 3.03. The van der Waals surface area contributed by atoms with Gasteiger partial charge in [-0.15, -0.1) is 0 Å². The number of nitrogens with zero attached hydrogens (tertiary/aromatic N) is 4. The fraction of sp³-hybridized carbons (Fsp3) is 0.357. The van der Waals surface area contributed by atoms with E-state index in [1.165, 1.54) is 0 Å². The van der Waals surface area contributed by atoms with Gasteiger partial charge in [-0.25, -0.2) is 9.97 Å². The Hall–Kier alpha value is -2.19. The highest BCUT2D eigenvalue weighted by molar-refractivity contribution is 6.32. The molecule has 4 rings (SSSR count). The van der Waals surface area contributed by atoms with Gasteiger partial charge in [-0.3, -0.25) is 14.1 Å². The Kier molecular flexibility index (Phi) is 3.02. The van der Waals surface area contributed by atoms with Crippen LogP contribution in [0, 0.1) is 0 Å². The third kappa shape index (κ3) is 2.20. The van der Waals surface area contributed by atoms with Crippen molar-refractivity contribution in [1.82, 2.24) is 24.3 Å². The van der Waals surface area contributed by atoms with Gasteiger partial charge in [0.15, 0.2) is 11.2 Å². The van der Waals surface area contributed by atoms with E-state index in [1.54, 1.807) is 0 Å². The van der Waals surface area contributed by atoms with Crippen LogP contribution in [0.25, 0.3) is 16.8 Å². The van der Waals surface area contributed by atoms with Crippen LogP contribution in [0.2, 0.25) is 0 Å². The summed E-state index contributed by atoms with van der Waals surface area (Å²) in [4.78, 5) is 26.1. The number of rotatable bonds is 2. The Bertz CT molecular complexity index is 919. The van der Waals surface area contributed by atoms with Gasteiger partial charge in [0.05, 0.1) is 12.6 Å². The van der Waals surface area contributed by atoms with Gasteiger partial charge in [0.25, 0.3) is 5.56 Å². The van der Waals surface area contributed by atoms with Crippen molar-refractivity contribution in [3.05, 3.63) is 34.5 Å². The van der Waals surface area contributed by atoms with E-state index in [0.717, 1.165) is 18.4 Å². The van der Waals surface area contributed by atoms with E-state index in [9.17, 15) is 9.90 Å². The molecule has 3 aromatic heterocycles. The van der Waals surface area contributed by atoms with Crippen LogP contribution in [0.15, 0.2) is 23.1 Å². The second-order valence-electron chi connectivity index (χ2n) is 5.91. The molecule has 1 saturated heterocycles. The predicted molar refractivity (Wildman–Crippen MR) is 85.2 cm³/mol. The zero-order valence-electron chi connectivity index (χ0n) is 12.3. The van der Waals surface area contributed by atoms with Crippen LogP contribution < -0.4 is 11.0 Å². The number of imidazole rings is 1. The number of aliphatic hydroxyl groups excluding tert-OH is 1. The van der Waals surface area contributed by atoms with E-state index >= 15 is 0 Å². The molecule has 2 N–H and O–H groups in total. The van der Waals surface area contributed by atoms with Crippen molar-refractivity contribution in [2.75, 3.05) is 13.1 Å². The van der Waals surface area contributed by atoms with Crippen LogP contribution >= 0.6 is 0 Å². The van der Waals surface area contributed by atoms with Crippen molar-refractivity contribution in [2.24, 2.45) is 0 Å². The van der Waals surface area contributed by atoms with Crippen molar-refractivity contribution >= 4 is 30.1 Å². The summed E-state index contributed by atoms with van der Waals surface area (Å²) in [6.45, 7) is 1.96. The SMILES string of the molecule is Bc1ccc2nc3c(=O)[nH]c(CN4CC[C@H](O)C4)nc3n2c1. The number of hydrogen-bond donors (Lipinski definition) is 2. The third-order valence-corrected chi connectivity index (χ3v) is 4.08. The highest BCUT2D eigenvalue weighted by atomic mass is 16.3. The summed E-state index contributed by atoms with van der Waals surface area (Å²) in [5.74, 6) is 0.606. The van der Waals surface area contributed by atoms with E-state index in [0.29, 0.717) is 35.7 Å². The summed E-state index contributed by atoms with van der Waals surface area (Å²) in [5, 5.41) is 9.59. The summed E-state index contributed by atoms with van der Waals surface area (Å²) >= 11 is 0. The molecule has 0 bridgehead atoms. The normalized spacial score (nSPS) is 19.4. The Balaban J connectivity index is 1.82. The van der Waals surface area contributed by atoms with Crippen molar-refractivity contribution < 1.29 is 5.11 Å². The quantitative estimate of drug-likeness (QED) is 0.556. The fourth-order valence-corrected chi connectivity index (χ4v) is 2.99. The molecule has 0 saturated carbocycles. The van der Waals surface area contributed by atoms with Crippen LogP contribution in [-0.2, 0) is 6.54 Å². The molecule has 1 aliphatic rings. The Morgan fingerprint density at radius 2 is 2.27 bits per heavy atom. The molecule has 22 heavy (non-hydrogen) atoms. The maximum Gasteiger partial charge on any atom is 0.279 e. The minimum Gasteiger partial charge on any atom is -0.392 e. The van der Waals surface area contributed by atoms with Crippen LogP contribution in [0.5, 0.6) is 0 Å². The lowest BCUT2D eigenvalue weighted by Crippen LogP contribution is -2.24. The van der Waals surface area contributed by atoms with Gasteiger partial charge in [0.2, 0.25) is 0 Å². The Labute approximate surface area is 127 Å². The van der Waals surface area contributed by atoms with Gasteiger partial charge in [-0.05, 0) is 12.5 Å². The summed E-state index contributed by atoms with van der Waals surface area (Å²) in [6.07, 6.45) is 2.41. The van der Waals surface area contributed by atoms with Gasteiger partial charge >= 0.3 is 0 Å². The lowest BCUT2D eigenvalue weighted by molar-refractivity contribution is 0.174. The molecule has 1 atom stereocenters. The maximum atomic E-state index is 12.3. The van der Waals surface area contributed by atoms with Gasteiger partial charge in [-0.2, -0.15) is 0 Å². The molecule has 8 heteroatoms. The molecule has 0 aliphatic carbocycles. The Morgan fingerprint density at radius 3 is 3.05 bits per heavy atom. The molecule has 3 aromatic rings. The first kappa shape index (κ1) is 13.5. The van der Waals surface area contributed by atoms with E-state index in [2.05, 4.69) is 19.9 Å². The molecule has 0 spiro atoms. The number of fused-ring (bicyclic) bond motifs is 3. The topological polar surface area (TPSA) is 86.5 Å². The second-order valence-corrected chi connectivity index (χ2v) is 5.91. The van der Waals surface area contributed by atoms with Crippen molar-refractivity contribution in [2.45, 2.75) is 19.1 Å². The van der Waals surface area contributed by atoms with Crippen LogP contribution in [-0.4, -0.2) is 56.4 Å². The lowest BCUT2D eigenvalue weighted by atomic mass is 9.99. The average molecular weight is 297 g/mol. The summed E-state index contributed by atoms with van der Waals surface area (Å²) in [5.41, 5.74) is 2.51. The Morgan fingerprint density at radius 1 is 1.41 bits per heavy atom. The number of aliphatic hydroxyl groups is 1. The molecule has 0 unspecified atom stereocenters. The smallest absolute Gasteiger partial charge is 0.279 e. The van der Waals surface area contributed by atoms with E-state index in [1.807, 2.05) is 30.6 Å². The van der Waals surface area contributed by atoms with E-state index in [4.69, 9.17) is 0 Å². The highest BCUT2D eigenvalue weighted by Crippen LogP contribution is 2.13. The van der Waals surface area contributed by atoms with Crippen molar-refractivity contribution in [3.63, 3.8) is 0 Å². The number of β-amino-alcohol motifs (C(OH)–C–C–N with tert-alkyl or cyclic N) is 1. The summed E-state index contributed by atoms with van der Waals surface area (Å²) in [7, 11) is 1.99. The first-order valence-electron chi connectivity index (χ1n) is 7.38. The number of hydrogen-bond acceptors (Lipinski definition) is 5. The van der Waals surface area contributed by atoms with Crippen molar-refractivity contribution in [1.29, 1.82) is 0 Å². The van der Waals surface area contributed by atoms with E-state index < -0.39 is 0 Å². The predicted octanol–water partition coefficient (Wildman–Crippen LogP) is -1.60. The number of nitrogens with one attached hydrogen (secondary N) is 1. The molecule has 1 aliphatic heterocycles. The van der Waals surface area contributed by atoms with Gasteiger partial charge in [0.1, 0.15) is 19.3 Å². The molecule has 112 valence electrons. The first-order valence-corrected chi connectivity index (χ1v) is 7.38. The molecule has 0 radical (unpaired) electrons. The number of aromatic amines is 1.